The van der Waals surface area contributed by atoms with Gasteiger partial charge in [0, 0.05) is 18.7 Å². The number of nitrogens with zero attached hydrogens (tertiary/aromatic N) is 3. The second-order valence-corrected chi connectivity index (χ2v) is 8.21. The summed E-state index contributed by atoms with van der Waals surface area (Å²) in [5.41, 5.74) is 2.82. The van der Waals surface area contributed by atoms with Crippen LogP contribution in [0.1, 0.15) is 15.9 Å². The third kappa shape index (κ3) is 4.27. The Morgan fingerprint density at radius 3 is 2.45 bits per heavy atom. The summed E-state index contributed by atoms with van der Waals surface area (Å²) in [4.78, 5) is 22.3. The Morgan fingerprint density at radius 1 is 0.966 bits per heavy atom. The number of aromatic nitrogens is 1. The molecule has 0 saturated heterocycles. The largest absolute Gasteiger partial charge is 0.308 e. The van der Waals surface area contributed by atoms with Crippen molar-refractivity contribution in [2.24, 2.45) is 0 Å². The number of likely N-dealkylation sites (N-methyl/N-ethyl adjacent to an activating group) is 1. The van der Waals surface area contributed by atoms with Gasteiger partial charge in [-0.15, -0.1) is 12.4 Å². The van der Waals surface area contributed by atoms with Crippen molar-refractivity contribution in [3.8, 4) is 0 Å². The summed E-state index contributed by atoms with van der Waals surface area (Å²) in [5, 5.41) is 2.80. The van der Waals surface area contributed by atoms with Gasteiger partial charge in [0.1, 0.15) is 0 Å². The van der Waals surface area contributed by atoms with Gasteiger partial charge in [-0.25, -0.2) is 4.98 Å². The molecule has 6 heteroatoms. The Kier molecular flexibility index (Phi) is 6.52. The van der Waals surface area contributed by atoms with Crippen LogP contribution < -0.4 is 4.90 Å². The lowest BCUT2D eigenvalue weighted by atomic mass is 10.0. The van der Waals surface area contributed by atoms with Gasteiger partial charge in [-0.2, -0.15) is 0 Å². The number of aryl methyl sites for hydroxylation is 1. The minimum atomic E-state index is -0.00430. The fourth-order valence-corrected chi connectivity index (χ4v) is 4.40. The van der Waals surface area contributed by atoms with Crippen LogP contribution in [0, 0.1) is 6.92 Å². The number of anilines is 1. The van der Waals surface area contributed by atoms with Gasteiger partial charge in [0.15, 0.2) is 5.13 Å². The van der Waals surface area contributed by atoms with E-state index in [0.717, 1.165) is 38.2 Å². The number of amides is 1. The second-order valence-electron chi connectivity index (χ2n) is 7.20. The maximum atomic E-state index is 13.6. The zero-order chi connectivity index (χ0) is 19.7. The summed E-state index contributed by atoms with van der Waals surface area (Å²) in [7, 11) is 4.03. The first-order valence-corrected chi connectivity index (χ1v) is 10.2. The molecule has 0 spiro atoms. The summed E-state index contributed by atoms with van der Waals surface area (Å²) >= 11 is 1.58. The molecule has 0 aliphatic rings. The number of halogens is 1. The van der Waals surface area contributed by atoms with Gasteiger partial charge in [0.25, 0.3) is 5.91 Å². The van der Waals surface area contributed by atoms with Crippen molar-refractivity contribution in [2.45, 2.75) is 6.92 Å². The number of hydrogen-bond donors (Lipinski definition) is 0. The van der Waals surface area contributed by atoms with Crippen molar-refractivity contribution in [1.29, 1.82) is 0 Å². The molecule has 0 N–H and O–H groups in total. The average Bonchev–Trinajstić information content (AvgIpc) is 3.12. The molecule has 3 aromatic carbocycles. The highest BCUT2D eigenvalue weighted by Gasteiger charge is 2.23. The Bertz CT molecular complexity index is 1150. The maximum absolute atomic E-state index is 13.6. The fourth-order valence-electron chi connectivity index (χ4n) is 3.33. The predicted molar refractivity (Wildman–Crippen MR) is 126 cm³/mol. The second kappa shape index (κ2) is 8.91. The molecule has 0 fully saturated rings. The van der Waals surface area contributed by atoms with E-state index in [1.807, 2.05) is 67.5 Å². The van der Waals surface area contributed by atoms with Crippen molar-refractivity contribution in [2.75, 3.05) is 32.1 Å². The number of para-hydroxylation sites is 1. The van der Waals surface area contributed by atoms with Crippen molar-refractivity contribution in [1.82, 2.24) is 9.88 Å². The van der Waals surface area contributed by atoms with E-state index in [2.05, 4.69) is 24.0 Å². The molecule has 29 heavy (non-hydrogen) atoms. The molecule has 1 heterocycles. The number of fused-ring (bicyclic) bond motifs is 2. The van der Waals surface area contributed by atoms with E-state index < -0.39 is 0 Å². The first-order chi connectivity index (χ1) is 13.5. The number of carbonyl (C=O) groups excluding carboxylic acids is 1. The molecule has 0 aliphatic heterocycles. The van der Waals surface area contributed by atoms with Gasteiger partial charge >= 0.3 is 0 Å². The summed E-state index contributed by atoms with van der Waals surface area (Å²) in [6, 6.07) is 20.1. The van der Waals surface area contributed by atoms with Crippen LogP contribution in [0.4, 0.5) is 5.13 Å². The monoisotopic (exact) mass is 425 g/mol. The summed E-state index contributed by atoms with van der Waals surface area (Å²) < 4.78 is 1.11. The van der Waals surface area contributed by atoms with Crippen LogP contribution in [0.25, 0.3) is 21.0 Å². The standard InChI is InChI=1S/C23H23N3OS.ClH/c1-16-8-6-13-20-21(16)24-23(28-20)26(15-14-25(2)3)22(27)19-12-7-10-17-9-4-5-11-18(17)19;/h4-13H,14-15H2,1-3H3;1H. The molecule has 4 nitrogen and oxygen atoms in total. The van der Waals surface area contributed by atoms with Crippen LogP contribution in [-0.4, -0.2) is 43.0 Å². The quantitative estimate of drug-likeness (QED) is 0.430. The number of rotatable bonds is 5. The average molecular weight is 426 g/mol. The highest BCUT2D eigenvalue weighted by atomic mass is 35.5. The third-order valence-electron chi connectivity index (χ3n) is 4.88. The van der Waals surface area contributed by atoms with Gasteiger partial charge in [0.2, 0.25) is 0 Å². The minimum Gasteiger partial charge on any atom is -0.308 e. The summed E-state index contributed by atoms with van der Waals surface area (Å²) in [5.74, 6) is -0.00430. The van der Waals surface area contributed by atoms with E-state index in [-0.39, 0.29) is 18.3 Å². The third-order valence-corrected chi connectivity index (χ3v) is 5.92. The van der Waals surface area contributed by atoms with E-state index in [9.17, 15) is 4.79 Å². The van der Waals surface area contributed by atoms with Crippen molar-refractivity contribution >= 4 is 55.8 Å². The van der Waals surface area contributed by atoms with Gasteiger partial charge < -0.3 is 4.90 Å². The van der Waals surface area contributed by atoms with E-state index in [1.165, 1.54) is 0 Å². The van der Waals surface area contributed by atoms with Crippen molar-refractivity contribution < 1.29 is 4.79 Å². The number of benzene rings is 3. The Morgan fingerprint density at radius 2 is 1.69 bits per heavy atom. The zero-order valence-electron chi connectivity index (χ0n) is 16.8. The van der Waals surface area contributed by atoms with Crippen LogP contribution in [0.3, 0.4) is 0 Å². The molecule has 1 aromatic heterocycles. The molecule has 0 aliphatic carbocycles. The SMILES string of the molecule is Cc1cccc2sc(N(CCN(C)C)C(=O)c3cccc4ccccc34)nc12.Cl. The lowest BCUT2D eigenvalue weighted by molar-refractivity contribution is 0.0987. The van der Waals surface area contributed by atoms with Crippen LogP contribution in [0.2, 0.25) is 0 Å². The summed E-state index contributed by atoms with van der Waals surface area (Å²) in [6.07, 6.45) is 0. The van der Waals surface area contributed by atoms with Crippen LogP contribution in [-0.2, 0) is 0 Å². The van der Waals surface area contributed by atoms with Crippen molar-refractivity contribution in [3.63, 3.8) is 0 Å². The van der Waals surface area contributed by atoms with Gasteiger partial charge in [-0.3, -0.25) is 9.69 Å². The van der Waals surface area contributed by atoms with E-state index in [0.29, 0.717) is 12.1 Å². The molecule has 4 aromatic rings. The molecule has 0 saturated carbocycles. The molecule has 150 valence electrons. The molecular weight excluding hydrogens is 402 g/mol. The Hall–Kier alpha value is -2.47. The predicted octanol–water partition coefficient (Wildman–Crippen LogP) is 5.39. The topological polar surface area (TPSA) is 36.4 Å². The lowest BCUT2D eigenvalue weighted by Gasteiger charge is -2.22. The van der Waals surface area contributed by atoms with Crippen LogP contribution in [0.15, 0.2) is 60.7 Å². The van der Waals surface area contributed by atoms with Gasteiger partial charge in [0.05, 0.1) is 10.2 Å². The van der Waals surface area contributed by atoms with Gasteiger partial charge in [-0.05, 0) is 49.5 Å². The number of carbonyl (C=O) groups is 1. The fraction of sp³-hybridized carbons (Fsp3) is 0.217. The van der Waals surface area contributed by atoms with Crippen LogP contribution >= 0.6 is 23.7 Å². The Labute approximate surface area is 181 Å². The normalized spacial score (nSPS) is 11.0. The molecular formula is C23H24ClN3OS. The smallest absolute Gasteiger partial charge is 0.260 e. The van der Waals surface area contributed by atoms with E-state index in [1.54, 1.807) is 11.3 Å². The zero-order valence-corrected chi connectivity index (χ0v) is 18.4. The molecule has 0 unspecified atom stereocenters. The molecule has 0 bridgehead atoms. The molecule has 1 amide bonds. The van der Waals surface area contributed by atoms with E-state index >= 15 is 0 Å². The highest BCUT2D eigenvalue weighted by Crippen LogP contribution is 2.32. The lowest BCUT2D eigenvalue weighted by Crippen LogP contribution is -2.36. The highest BCUT2D eigenvalue weighted by molar-refractivity contribution is 7.22. The van der Waals surface area contributed by atoms with E-state index in [4.69, 9.17) is 4.98 Å². The van der Waals surface area contributed by atoms with Crippen LogP contribution in [0.5, 0.6) is 0 Å². The molecule has 4 rings (SSSR count). The summed E-state index contributed by atoms with van der Waals surface area (Å²) in [6.45, 7) is 3.42. The first-order valence-electron chi connectivity index (χ1n) is 9.35. The number of hydrogen-bond acceptors (Lipinski definition) is 4. The Balaban J connectivity index is 0.00000240. The minimum absolute atomic E-state index is 0. The number of thiazole rings is 1. The molecule has 0 atom stereocenters. The van der Waals surface area contributed by atoms with Crippen molar-refractivity contribution in [3.05, 3.63) is 71.8 Å². The molecule has 0 radical (unpaired) electrons. The first kappa shape index (κ1) is 21.2. The maximum Gasteiger partial charge on any atom is 0.260 e. The van der Waals surface area contributed by atoms with Gasteiger partial charge in [-0.1, -0.05) is 59.9 Å².